The molecule has 0 atom stereocenters. The van der Waals surface area contributed by atoms with Crippen LogP contribution in [0.15, 0.2) is 301 Å². The summed E-state index contributed by atoms with van der Waals surface area (Å²) in [7, 11) is -4.38. The predicted octanol–water partition coefficient (Wildman–Crippen LogP) is 16.9. The molecule has 0 saturated heterocycles. The van der Waals surface area contributed by atoms with Crippen LogP contribution in [0.5, 0.6) is 80.5 Å². The molecular weight excluding hydrogens is 1720 g/mol. The minimum atomic E-state index is -4.38. The molecule has 0 radical (unpaired) electrons. The number of aromatic carboxylic acids is 1. The second-order valence-electron chi connectivity index (χ2n) is 25.4. The van der Waals surface area contributed by atoms with Crippen molar-refractivity contribution >= 4 is 161 Å². The highest BCUT2D eigenvalue weighted by molar-refractivity contribution is 9.10. The number of aromatic hydroxyl groups is 14. The first-order valence-electron chi connectivity index (χ1n) is 35.6. The molecule has 1 aromatic heterocycles. The zero-order chi connectivity index (χ0) is 92.2. The van der Waals surface area contributed by atoms with E-state index in [9.17, 15) is 33.6 Å². The van der Waals surface area contributed by atoms with Crippen molar-refractivity contribution < 1.29 is 94.4 Å². The molecule has 0 spiro atoms. The van der Waals surface area contributed by atoms with Crippen LogP contribution in [-0.2, 0) is 10.1 Å². The quantitative estimate of drug-likeness (QED) is 0.0331. The Morgan fingerprint density at radius 3 is 1.25 bits per heavy atom. The van der Waals surface area contributed by atoms with Crippen LogP contribution in [0, 0.1) is 6.92 Å². The van der Waals surface area contributed by atoms with Crippen molar-refractivity contribution in [2.75, 3.05) is 63.1 Å². The minimum Gasteiger partial charge on any atom is -0.508 e. The van der Waals surface area contributed by atoms with E-state index in [4.69, 9.17) is 147 Å². The number of carboxylic acids is 1. The maximum absolute atomic E-state index is 11.1. The Hall–Kier alpha value is -16.1. The summed E-state index contributed by atoms with van der Waals surface area (Å²) in [5, 5.41) is 142. The van der Waals surface area contributed by atoms with Crippen LogP contribution in [0.1, 0.15) is 15.9 Å². The number of aromatic nitrogens is 1. The van der Waals surface area contributed by atoms with E-state index in [1.165, 1.54) is 79.0 Å². The van der Waals surface area contributed by atoms with Crippen molar-refractivity contribution in [2.45, 2.75) is 11.8 Å². The first kappa shape index (κ1) is 98.5. The summed E-state index contributed by atoms with van der Waals surface area (Å²) in [6.45, 7) is 1.90. The van der Waals surface area contributed by atoms with Gasteiger partial charge in [-0.15, -0.1) is 0 Å². The zero-order valence-corrected chi connectivity index (χ0v) is 69.3. The second kappa shape index (κ2) is 47.5. The van der Waals surface area contributed by atoms with Crippen molar-refractivity contribution in [2.24, 2.45) is 0 Å². The van der Waals surface area contributed by atoms with Crippen LogP contribution in [0.4, 0.5) is 62.7 Å². The number of aryl methyl sites for hydroxylation is 1. The Morgan fingerprint density at radius 2 is 0.758 bits per heavy atom. The van der Waals surface area contributed by atoms with Gasteiger partial charge in [-0.1, -0.05) is 157 Å². The number of carbonyl (C=O) groups is 1. The lowest BCUT2D eigenvalue weighted by molar-refractivity contribution is 0.0696. The van der Waals surface area contributed by atoms with Gasteiger partial charge < -0.3 is 140 Å². The topological polar surface area (TPSA) is 674 Å². The number of phenolic OH excluding ortho intramolecular Hbond substituents is 13. The molecule has 0 aliphatic heterocycles. The number of nitrogens with zero attached hydrogens (tertiary/aromatic N) is 1. The monoisotopic (exact) mass is 1810 g/mol. The molecule has 0 saturated carbocycles. The molecule has 35 heteroatoms. The lowest BCUT2D eigenvalue weighted by atomic mass is 10.1. The standard InChI is InChI=1S/C10H9NO4S.3C10H9NO.C7H7NO3.C7H9NO.C6H5BrO2.2C6H6ClNO.C6H7NO2.C6H7NO.C5H6N2O/c11-10-7-4-2-1-3-6(7)9(5-8(10)12)16(13,14)15;11-9-5-7-3-1-2-4-8(7)6-10(9)12;11-10-8-4-2-1-3-7(8)5-6-9(10)12;11-9-6-5-7-3-1-2-4-8(7)10(9)12;8-5-2-1-4(7(10)11)3-6(5)9;1-5-2-3-6(8)7(9)4-5;7-5-3-4(8)1-2-6(5)9;7-4-1-2-6(9)5(8)3-4;7-4-2-1-3-5(8)6(4)9;7-5-2-1-4(8)3-6(5)9;7-5-3-1-2-4-6(5)8;6-5-4(8)2-1-3-7-5/h1-5,12H,11H2,(H,13,14,15);3*1-6,12H,11H2;1-3,9H,8H2,(H,10,11);2-4,9H,8H2,1H3;1-3,8-9H;2*1-3,9H,8H2;1-3,8-9H,7H2;1-4,8H,7H2;1-3,8H,(H2,6,7). The molecule has 16 rings (SSSR count). The Balaban J connectivity index is 0.000000242. The molecule has 38 N–H and O–H groups in total. The number of nitrogen functional groups attached to an aromatic ring is 11. The molecule has 0 bridgehead atoms. The van der Waals surface area contributed by atoms with Crippen LogP contribution in [0.2, 0.25) is 10.0 Å². The van der Waals surface area contributed by atoms with Gasteiger partial charge in [-0.05, 0) is 189 Å². The molecule has 15 aromatic carbocycles. The lowest BCUT2D eigenvalue weighted by Gasteiger charge is -2.08. The summed E-state index contributed by atoms with van der Waals surface area (Å²) >= 11 is 14.0. The molecule has 0 aliphatic rings. The number of halogens is 3. The van der Waals surface area contributed by atoms with Gasteiger partial charge in [-0.25, -0.2) is 9.78 Å². The summed E-state index contributed by atoms with van der Waals surface area (Å²) in [6, 6.07) is 77.3. The first-order chi connectivity index (χ1) is 58.5. The second-order valence-corrected chi connectivity index (χ2v) is 28.5. The summed E-state index contributed by atoms with van der Waals surface area (Å²) in [6.07, 6.45) is 1.52. The number of fused-ring (bicyclic) bond motifs is 4. The maximum atomic E-state index is 11.1. The van der Waals surface area contributed by atoms with Crippen LogP contribution in [0.3, 0.4) is 0 Å². The smallest absolute Gasteiger partial charge is 0.335 e. The van der Waals surface area contributed by atoms with E-state index in [0.29, 0.717) is 54.7 Å². The highest BCUT2D eigenvalue weighted by Gasteiger charge is 2.18. The number of carboxylic acid groups (broad SMARTS) is 1. The van der Waals surface area contributed by atoms with E-state index >= 15 is 0 Å². The van der Waals surface area contributed by atoms with E-state index in [1.807, 2.05) is 97.9 Å². The Kier molecular flexibility index (Phi) is 37.7. The summed E-state index contributed by atoms with van der Waals surface area (Å²) in [4.78, 5) is 13.6. The average molecular weight is 1810 g/mol. The van der Waals surface area contributed by atoms with Gasteiger partial charge in [0.2, 0.25) is 0 Å². The Bertz CT molecular complexity index is 5970. The van der Waals surface area contributed by atoms with Gasteiger partial charge in [0.05, 0.1) is 71.9 Å². The molecule has 1 heterocycles. The molecule has 124 heavy (non-hydrogen) atoms. The van der Waals surface area contributed by atoms with E-state index in [0.717, 1.165) is 50.0 Å². The summed E-state index contributed by atoms with van der Waals surface area (Å²) < 4.78 is 31.8. The average Bonchev–Trinajstić information content (AvgIpc) is 0.776. The molecule has 16 aromatic rings. The summed E-state index contributed by atoms with van der Waals surface area (Å²) in [5.41, 5.74) is 63.5. The molecule has 0 amide bonds. The lowest BCUT2D eigenvalue weighted by Crippen LogP contribution is -2.00. The fraction of sp³-hybridized carbons (Fsp3) is 0.0112. The van der Waals surface area contributed by atoms with Crippen LogP contribution in [0.25, 0.3) is 43.1 Å². The van der Waals surface area contributed by atoms with Gasteiger partial charge in [-0.3, -0.25) is 4.55 Å². The molecule has 0 fully saturated rings. The highest BCUT2D eigenvalue weighted by atomic mass is 79.9. The number of rotatable bonds is 2. The molecule has 31 nitrogen and oxygen atoms in total. The SMILES string of the molecule is Cc1ccc(N)c(O)c1.Nc1c(O)cc(S(=O)(=O)O)c2ccccc12.Nc1c(O)ccc2ccccc12.Nc1cc(Cl)ccc1O.Nc1cc2ccccc2cc1O.Nc1ccc(C(=O)O)cc1O.Nc1ccc(O)cc1O.Nc1ccc2ccccc2c1O.Nc1cccc(Cl)c1O.Nc1ccccc1O.Nc1ncccc1O.Oc1ccc(O)c(Br)c1. The fourth-order valence-corrected chi connectivity index (χ4v) is 11.1. The van der Waals surface area contributed by atoms with Crippen molar-refractivity contribution in [3.8, 4) is 80.5 Å². The molecule has 646 valence electrons. The number of phenols is 13. The highest BCUT2D eigenvalue weighted by Crippen LogP contribution is 2.37. The minimum absolute atomic E-state index is 0.0155. The molecular formula is C89H89BrCl2N12O19S. The third-order valence-electron chi connectivity index (χ3n) is 16.2. The van der Waals surface area contributed by atoms with Crippen molar-refractivity contribution in [1.82, 2.24) is 4.98 Å². The first-order valence-corrected chi connectivity index (χ1v) is 38.6. The Labute approximate surface area is 728 Å². The van der Waals surface area contributed by atoms with Crippen LogP contribution < -0.4 is 63.1 Å². The van der Waals surface area contributed by atoms with E-state index in [1.54, 1.807) is 109 Å². The maximum Gasteiger partial charge on any atom is 0.335 e. The predicted molar refractivity (Wildman–Crippen MR) is 496 cm³/mol. The van der Waals surface area contributed by atoms with Crippen LogP contribution in [-0.4, -0.2) is 101 Å². The number of para-hydroxylation sites is 3. The van der Waals surface area contributed by atoms with Crippen molar-refractivity contribution in [3.63, 3.8) is 0 Å². The third kappa shape index (κ3) is 31.3. The van der Waals surface area contributed by atoms with Crippen LogP contribution >= 0.6 is 39.1 Å². The molecule has 0 aliphatic carbocycles. The Morgan fingerprint density at radius 1 is 0.331 bits per heavy atom. The van der Waals surface area contributed by atoms with E-state index < -0.39 is 16.1 Å². The number of hydrogen-bond acceptors (Lipinski definition) is 29. The summed E-state index contributed by atoms with van der Waals surface area (Å²) in [5.74, 6) is -0.447. The van der Waals surface area contributed by atoms with Gasteiger partial charge in [-0.2, -0.15) is 8.42 Å². The van der Waals surface area contributed by atoms with Crippen molar-refractivity contribution in [1.29, 1.82) is 0 Å². The fourth-order valence-electron chi connectivity index (χ4n) is 9.68. The largest absolute Gasteiger partial charge is 0.508 e. The number of hydrogen-bond donors (Lipinski definition) is 27. The van der Waals surface area contributed by atoms with Gasteiger partial charge >= 0.3 is 5.97 Å². The third-order valence-corrected chi connectivity index (χ3v) is 18.3. The zero-order valence-electron chi connectivity index (χ0n) is 65.4. The molecule has 0 unspecified atom stereocenters. The normalized spacial score (nSPS) is 9.94. The number of benzene rings is 15. The van der Waals surface area contributed by atoms with E-state index in [2.05, 4.69) is 20.9 Å². The van der Waals surface area contributed by atoms with Gasteiger partial charge in [0.15, 0.2) is 17.3 Å². The van der Waals surface area contributed by atoms with Crippen molar-refractivity contribution in [3.05, 3.63) is 317 Å². The van der Waals surface area contributed by atoms with Gasteiger partial charge in [0.1, 0.15) is 73.9 Å². The van der Waals surface area contributed by atoms with Gasteiger partial charge in [0, 0.05) is 44.9 Å². The number of nitrogens with two attached hydrogens (primary N) is 11. The number of pyridine rings is 1. The van der Waals surface area contributed by atoms with Gasteiger partial charge in [0.25, 0.3) is 10.1 Å². The number of anilines is 11. The van der Waals surface area contributed by atoms with E-state index in [-0.39, 0.29) is 124 Å².